The first-order chi connectivity index (χ1) is 16.0. The van der Waals surface area contributed by atoms with Gasteiger partial charge in [-0.1, -0.05) is 6.07 Å². The van der Waals surface area contributed by atoms with Crippen molar-refractivity contribution in [2.24, 2.45) is 13.0 Å². The largest absolute Gasteiger partial charge is 0.497 e. The number of anilines is 2. The SMILES string of the molecule is COc1cccc(N2CCN(C(=O)C3CCN(c4nccc5c(C)nn(C)c45)CC3)CC2)c1. The minimum Gasteiger partial charge on any atom is -0.497 e. The van der Waals surface area contributed by atoms with Gasteiger partial charge in [0.1, 0.15) is 11.3 Å². The van der Waals surface area contributed by atoms with Crippen LogP contribution in [-0.4, -0.2) is 71.9 Å². The topological polar surface area (TPSA) is 66.7 Å². The number of hydrogen-bond donors (Lipinski definition) is 0. The molecule has 0 radical (unpaired) electrons. The smallest absolute Gasteiger partial charge is 0.225 e. The van der Waals surface area contributed by atoms with Gasteiger partial charge in [0.25, 0.3) is 0 Å². The van der Waals surface area contributed by atoms with Crippen LogP contribution in [0, 0.1) is 12.8 Å². The molecule has 3 aromatic rings. The number of piperidine rings is 1. The van der Waals surface area contributed by atoms with Crippen LogP contribution in [0.1, 0.15) is 18.5 Å². The second-order valence-electron chi connectivity index (χ2n) is 9.01. The summed E-state index contributed by atoms with van der Waals surface area (Å²) in [6.45, 7) is 6.96. The van der Waals surface area contributed by atoms with E-state index >= 15 is 0 Å². The highest BCUT2D eigenvalue weighted by atomic mass is 16.5. The third-order valence-electron chi connectivity index (χ3n) is 7.07. The van der Waals surface area contributed by atoms with Gasteiger partial charge in [-0.15, -0.1) is 0 Å². The second kappa shape index (κ2) is 8.92. The molecule has 0 bridgehead atoms. The number of methoxy groups -OCH3 is 1. The van der Waals surface area contributed by atoms with E-state index in [4.69, 9.17) is 4.74 Å². The van der Waals surface area contributed by atoms with Gasteiger partial charge in [0.2, 0.25) is 5.91 Å². The predicted molar refractivity (Wildman–Crippen MR) is 130 cm³/mol. The van der Waals surface area contributed by atoms with Gasteiger partial charge in [-0.05, 0) is 38.0 Å². The average Bonchev–Trinajstić information content (AvgIpc) is 3.17. The quantitative estimate of drug-likeness (QED) is 0.612. The Morgan fingerprint density at radius 3 is 2.52 bits per heavy atom. The molecule has 0 saturated carbocycles. The number of aryl methyl sites for hydroxylation is 2. The maximum atomic E-state index is 13.2. The van der Waals surface area contributed by atoms with Gasteiger partial charge in [-0.3, -0.25) is 9.48 Å². The summed E-state index contributed by atoms with van der Waals surface area (Å²) >= 11 is 0. The standard InChI is InChI=1S/C25H32N6O2/c1-18-22-7-10-26-24(23(22)28(2)27-18)30-11-8-19(9-12-30)25(32)31-15-13-29(14-16-31)20-5-4-6-21(17-20)33-3/h4-7,10,17,19H,8-9,11-16H2,1-3H3. The van der Waals surface area contributed by atoms with Gasteiger partial charge in [-0.25, -0.2) is 4.98 Å². The zero-order valence-corrected chi connectivity index (χ0v) is 19.7. The van der Waals surface area contributed by atoms with Crippen LogP contribution in [-0.2, 0) is 11.8 Å². The highest BCUT2D eigenvalue weighted by Gasteiger charge is 2.31. The number of aromatic nitrogens is 3. The molecule has 174 valence electrons. The Bertz CT molecular complexity index is 1140. The fraction of sp³-hybridized carbons (Fsp3) is 0.480. The number of benzene rings is 1. The van der Waals surface area contributed by atoms with Crippen LogP contribution in [0.3, 0.4) is 0 Å². The number of nitrogens with zero attached hydrogens (tertiary/aromatic N) is 6. The van der Waals surface area contributed by atoms with E-state index in [1.165, 1.54) is 0 Å². The van der Waals surface area contributed by atoms with Crippen LogP contribution in [0.4, 0.5) is 11.5 Å². The third kappa shape index (κ3) is 4.10. The van der Waals surface area contributed by atoms with Gasteiger partial charge in [0.15, 0.2) is 5.82 Å². The van der Waals surface area contributed by atoms with Crippen LogP contribution in [0.5, 0.6) is 5.75 Å². The van der Waals surface area contributed by atoms with Crippen molar-refractivity contribution in [1.82, 2.24) is 19.7 Å². The lowest BCUT2D eigenvalue weighted by atomic mass is 9.94. The molecule has 33 heavy (non-hydrogen) atoms. The first-order valence-corrected chi connectivity index (χ1v) is 11.8. The van der Waals surface area contributed by atoms with E-state index in [9.17, 15) is 4.79 Å². The summed E-state index contributed by atoms with van der Waals surface area (Å²) in [5.74, 6) is 2.25. The Labute approximate surface area is 194 Å². The molecule has 2 aliphatic heterocycles. The van der Waals surface area contributed by atoms with E-state index in [-0.39, 0.29) is 5.92 Å². The number of ether oxygens (including phenoxy) is 1. The van der Waals surface area contributed by atoms with E-state index in [2.05, 4.69) is 36.9 Å². The number of hydrogen-bond acceptors (Lipinski definition) is 6. The molecule has 2 aliphatic rings. The Morgan fingerprint density at radius 2 is 1.79 bits per heavy atom. The summed E-state index contributed by atoms with van der Waals surface area (Å²) < 4.78 is 7.27. The molecule has 4 heterocycles. The summed E-state index contributed by atoms with van der Waals surface area (Å²) in [5, 5.41) is 5.71. The van der Waals surface area contributed by atoms with Gasteiger partial charge in [0, 0.05) is 75.6 Å². The normalized spacial score (nSPS) is 17.6. The van der Waals surface area contributed by atoms with Crippen molar-refractivity contribution in [3.8, 4) is 5.75 Å². The number of fused-ring (bicyclic) bond motifs is 1. The molecule has 5 rings (SSSR count). The zero-order chi connectivity index (χ0) is 22.9. The number of carbonyl (C=O) groups is 1. The zero-order valence-electron chi connectivity index (χ0n) is 19.7. The van der Waals surface area contributed by atoms with Gasteiger partial charge >= 0.3 is 0 Å². The number of pyridine rings is 1. The highest BCUT2D eigenvalue weighted by molar-refractivity contribution is 5.91. The summed E-state index contributed by atoms with van der Waals surface area (Å²) in [5.41, 5.74) is 3.25. The lowest BCUT2D eigenvalue weighted by Crippen LogP contribution is -2.51. The Balaban J connectivity index is 1.19. The van der Waals surface area contributed by atoms with Crippen molar-refractivity contribution in [2.75, 3.05) is 56.2 Å². The summed E-state index contributed by atoms with van der Waals surface area (Å²) in [6, 6.07) is 10.2. The van der Waals surface area contributed by atoms with Crippen molar-refractivity contribution in [1.29, 1.82) is 0 Å². The molecule has 0 aliphatic carbocycles. The second-order valence-corrected chi connectivity index (χ2v) is 9.01. The molecule has 8 heteroatoms. The lowest BCUT2D eigenvalue weighted by molar-refractivity contribution is -0.136. The molecule has 0 N–H and O–H groups in total. The first-order valence-electron chi connectivity index (χ1n) is 11.8. The Kier molecular flexibility index (Phi) is 5.83. The van der Waals surface area contributed by atoms with Crippen molar-refractivity contribution in [2.45, 2.75) is 19.8 Å². The molecule has 8 nitrogen and oxygen atoms in total. The van der Waals surface area contributed by atoms with Gasteiger partial charge < -0.3 is 19.4 Å². The van der Waals surface area contributed by atoms with Crippen LogP contribution in [0.25, 0.3) is 10.9 Å². The van der Waals surface area contributed by atoms with E-state index in [1.54, 1.807) is 7.11 Å². The maximum absolute atomic E-state index is 13.2. The van der Waals surface area contributed by atoms with Crippen LogP contribution >= 0.6 is 0 Å². The Morgan fingerprint density at radius 1 is 1.03 bits per heavy atom. The molecule has 0 atom stereocenters. The fourth-order valence-electron chi connectivity index (χ4n) is 5.20. The molecular formula is C25H32N6O2. The number of carbonyl (C=O) groups excluding carboxylic acids is 1. The minimum atomic E-state index is 0.0945. The molecule has 1 amide bonds. The summed E-state index contributed by atoms with van der Waals surface area (Å²) in [6.07, 6.45) is 3.60. The maximum Gasteiger partial charge on any atom is 0.225 e. The van der Waals surface area contributed by atoms with Gasteiger partial charge in [-0.2, -0.15) is 5.10 Å². The van der Waals surface area contributed by atoms with Crippen molar-refractivity contribution in [3.63, 3.8) is 0 Å². The van der Waals surface area contributed by atoms with Crippen molar-refractivity contribution in [3.05, 3.63) is 42.2 Å². The van der Waals surface area contributed by atoms with Crippen molar-refractivity contribution >= 4 is 28.3 Å². The van der Waals surface area contributed by atoms with Crippen LogP contribution in [0.15, 0.2) is 36.5 Å². The molecule has 0 unspecified atom stereocenters. The predicted octanol–water partition coefficient (Wildman–Crippen LogP) is 2.85. The van der Waals surface area contributed by atoms with Gasteiger partial charge in [0.05, 0.1) is 12.8 Å². The summed E-state index contributed by atoms with van der Waals surface area (Å²) in [7, 11) is 3.66. The number of piperazine rings is 1. The molecule has 1 aromatic carbocycles. The molecule has 2 fully saturated rings. The third-order valence-corrected chi connectivity index (χ3v) is 7.07. The highest BCUT2D eigenvalue weighted by Crippen LogP contribution is 2.30. The average molecular weight is 449 g/mol. The summed E-state index contributed by atoms with van der Waals surface area (Å²) in [4.78, 5) is 24.6. The number of rotatable bonds is 4. The molecular weight excluding hydrogens is 416 g/mol. The van der Waals surface area contributed by atoms with Crippen LogP contribution in [0.2, 0.25) is 0 Å². The van der Waals surface area contributed by atoms with E-state index in [0.29, 0.717) is 5.91 Å². The molecule has 2 saturated heterocycles. The van der Waals surface area contributed by atoms with E-state index < -0.39 is 0 Å². The van der Waals surface area contributed by atoms with Crippen LogP contribution < -0.4 is 14.5 Å². The fourth-order valence-corrected chi connectivity index (χ4v) is 5.20. The van der Waals surface area contributed by atoms with E-state index in [0.717, 1.165) is 86.0 Å². The first kappa shape index (κ1) is 21.6. The minimum absolute atomic E-state index is 0.0945. The lowest BCUT2D eigenvalue weighted by Gasteiger charge is -2.39. The Hall–Kier alpha value is -3.29. The van der Waals surface area contributed by atoms with E-state index in [1.807, 2.05) is 43.0 Å². The number of amides is 1. The molecule has 0 spiro atoms. The van der Waals surface area contributed by atoms with Crippen molar-refractivity contribution < 1.29 is 9.53 Å². The monoisotopic (exact) mass is 448 g/mol. The molecule has 2 aromatic heterocycles.